The molecular weight excluding hydrogens is 392 g/mol. The molecule has 2 aromatic heterocycles. The molecule has 1 aliphatic rings. The molecule has 0 radical (unpaired) electrons. The predicted octanol–water partition coefficient (Wildman–Crippen LogP) is 5.31. The highest BCUT2D eigenvalue weighted by Crippen LogP contribution is 2.39. The van der Waals surface area contributed by atoms with Crippen molar-refractivity contribution in [2.75, 3.05) is 26.2 Å². The van der Waals surface area contributed by atoms with Crippen molar-refractivity contribution in [2.24, 2.45) is 0 Å². The van der Waals surface area contributed by atoms with Gasteiger partial charge < -0.3 is 19.7 Å². The van der Waals surface area contributed by atoms with E-state index < -0.39 is 6.10 Å². The van der Waals surface area contributed by atoms with E-state index in [-0.39, 0.29) is 0 Å². The molecular formula is C25H28N2O2S. The Hall–Kier alpha value is -2.34. The predicted molar refractivity (Wildman–Crippen MR) is 125 cm³/mol. The molecule has 0 amide bonds. The van der Waals surface area contributed by atoms with Crippen LogP contribution in [0.1, 0.15) is 29.2 Å². The van der Waals surface area contributed by atoms with Gasteiger partial charge in [-0.3, -0.25) is 0 Å². The third-order valence-corrected chi connectivity index (χ3v) is 7.73. The summed E-state index contributed by atoms with van der Waals surface area (Å²) in [6.07, 6.45) is 3.74. The van der Waals surface area contributed by atoms with Gasteiger partial charge in [-0.25, -0.2) is 0 Å². The maximum atomic E-state index is 10.5. The third kappa shape index (κ3) is 3.85. The second-order valence-electron chi connectivity index (χ2n) is 8.32. The fraction of sp³-hybridized carbons (Fsp3) is 0.360. The first-order valence-corrected chi connectivity index (χ1v) is 11.6. The monoisotopic (exact) mass is 420 g/mol. The number of aliphatic hydroxyl groups is 1. The number of hydrogen-bond donors (Lipinski definition) is 2. The summed E-state index contributed by atoms with van der Waals surface area (Å²) in [6, 6.07) is 16.7. The lowest BCUT2D eigenvalue weighted by Crippen LogP contribution is -2.40. The second-order valence-corrected chi connectivity index (χ2v) is 9.41. The van der Waals surface area contributed by atoms with Gasteiger partial charge >= 0.3 is 0 Å². The van der Waals surface area contributed by atoms with Crippen LogP contribution in [0.3, 0.4) is 0 Å². The van der Waals surface area contributed by atoms with Gasteiger partial charge in [0.15, 0.2) is 0 Å². The number of nitrogens with one attached hydrogen (secondary N) is 1. The molecule has 0 spiro atoms. The molecule has 1 aliphatic heterocycles. The Morgan fingerprint density at radius 1 is 1.10 bits per heavy atom. The molecule has 5 rings (SSSR count). The van der Waals surface area contributed by atoms with Gasteiger partial charge in [0.1, 0.15) is 18.5 Å². The molecule has 0 bridgehead atoms. The number of ether oxygens (including phenoxy) is 1. The molecule has 1 saturated heterocycles. The fourth-order valence-corrected chi connectivity index (χ4v) is 6.06. The second kappa shape index (κ2) is 8.42. The molecule has 3 heterocycles. The quantitative estimate of drug-likeness (QED) is 0.444. The number of hydrogen-bond acceptors (Lipinski definition) is 4. The van der Waals surface area contributed by atoms with E-state index in [2.05, 4.69) is 41.1 Å². The van der Waals surface area contributed by atoms with E-state index in [9.17, 15) is 5.11 Å². The van der Waals surface area contributed by atoms with Gasteiger partial charge in [-0.15, -0.1) is 11.3 Å². The highest BCUT2D eigenvalue weighted by molar-refractivity contribution is 7.19. The summed E-state index contributed by atoms with van der Waals surface area (Å²) in [4.78, 5) is 7.13. The number of fused-ring (bicyclic) bond motifs is 2. The van der Waals surface area contributed by atoms with E-state index in [0.717, 1.165) is 42.6 Å². The van der Waals surface area contributed by atoms with Crippen LogP contribution in [0, 0.1) is 6.92 Å². The fourth-order valence-electron chi connectivity index (χ4n) is 4.68. The van der Waals surface area contributed by atoms with Crippen LogP contribution >= 0.6 is 11.3 Å². The van der Waals surface area contributed by atoms with Crippen molar-refractivity contribution in [3.8, 4) is 5.75 Å². The van der Waals surface area contributed by atoms with Crippen LogP contribution in [0.4, 0.5) is 0 Å². The number of likely N-dealkylation sites (tertiary alicyclic amines) is 1. The Labute approximate surface area is 181 Å². The van der Waals surface area contributed by atoms with E-state index in [0.29, 0.717) is 19.1 Å². The van der Waals surface area contributed by atoms with Gasteiger partial charge in [0.05, 0.1) is 0 Å². The van der Waals surface area contributed by atoms with E-state index in [1.54, 1.807) is 4.88 Å². The summed E-state index contributed by atoms with van der Waals surface area (Å²) in [5.74, 6) is 1.46. The van der Waals surface area contributed by atoms with Crippen molar-refractivity contribution in [1.29, 1.82) is 0 Å². The first-order valence-electron chi connectivity index (χ1n) is 10.8. The Morgan fingerprint density at radius 2 is 1.93 bits per heavy atom. The number of aromatic amines is 1. The number of aromatic nitrogens is 1. The Kier molecular flexibility index (Phi) is 5.50. The zero-order valence-corrected chi connectivity index (χ0v) is 18.1. The van der Waals surface area contributed by atoms with Crippen molar-refractivity contribution in [2.45, 2.75) is 31.8 Å². The zero-order valence-electron chi connectivity index (χ0n) is 17.3. The average molecular weight is 421 g/mol. The van der Waals surface area contributed by atoms with Crippen molar-refractivity contribution in [1.82, 2.24) is 9.88 Å². The summed E-state index contributed by atoms with van der Waals surface area (Å²) in [7, 11) is 0. The SMILES string of the molecule is Cc1c(C2CCN(C[C@H](O)COc3cccc4[nH]ccc34)CC2)sc2ccccc12. The van der Waals surface area contributed by atoms with E-state index >= 15 is 0 Å². The van der Waals surface area contributed by atoms with Crippen LogP contribution in [0.15, 0.2) is 54.7 Å². The first-order chi connectivity index (χ1) is 14.7. The molecule has 0 aliphatic carbocycles. The number of H-pyrrole nitrogens is 1. The molecule has 156 valence electrons. The largest absolute Gasteiger partial charge is 0.490 e. The van der Waals surface area contributed by atoms with E-state index in [1.807, 2.05) is 41.8 Å². The van der Waals surface area contributed by atoms with Gasteiger partial charge in [-0.2, -0.15) is 0 Å². The molecule has 2 N–H and O–H groups in total. The maximum absolute atomic E-state index is 10.5. The minimum Gasteiger partial charge on any atom is -0.490 e. The van der Waals surface area contributed by atoms with Crippen molar-refractivity contribution in [3.05, 3.63) is 65.2 Å². The first kappa shape index (κ1) is 19.6. The molecule has 2 aromatic carbocycles. The minimum atomic E-state index is -0.484. The number of thiophene rings is 1. The number of piperidine rings is 1. The summed E-state index contributed by atoms with van der Waals surface area (Å²) in [5, 5.41) is 13.0. The molecule has 5 heteroatoms. The minimum absolute atomic E-state index is 0.319. The van der Waals surface area contributed by atoms with Crippen LogP contribution < -0.4 is 4.74 Å². The zero-order chi connectivity index (χ0) is 20.5. The van der Waals surface area contributed by atoms with Gasteiger partial charge in [0.25, 0.3) is 0 Å². The lowest BCUT2D eigenvalue weighted by atomic mass is 9.92. The van der Waals surface area contributed by atoms with Crippen LogP contribution in [-0.4, -0.2) is 47.3 Å². The van der Waals surface area contributed by atoms with E-state index in [4.69, 9.17) is 4.74 Å². The molecule has 4 nitrogen and oxygen atoms in total. The number of benzene rings is 2. The van der Waals surface area contributed by atoms with Crippen LogP contribution in [0.25, 0.3) is 21.0 Å². The summed E-state index contributed by atoms with van der Waals surface area (Å²) >= 11 is 1.96. The summed E-state index contributed by atoms with van der Waals surface area (Å²) in [5.41, 5.74) is 2.52. The number of rotatable bonds is 6. The number of β-amino-alcohol motifs (C(OH)–C–C–N with tert-alkyl or cyclic N) is 1. The Balaban J connectivity index is 1.15. The number of aliphatic hydroxyl groups excluding tert-OH is 1. The van der Waals surface area contributed by atoms with Crippen molar-refractivity contribution in [3.63, 3.8) is 0 Å². The van der Waals surface area contributed by atoms with Crippen molar-refractivity contribution < 1.29 is 9.84 Å². The molecule has 0 unspecified atom stereocenters. The number of aryl methyl sites for hydroxylation is 1. The molecule has 1 atom stereocenters. The van der Waals surface area contributed by atoms with Crippen LogP contribution in [0.2, 0.25) is 0 Å². The highest BCUT2D eigenvalue weighted by atomic mass is 32.1. The van der Waals surface area contributed by atoms with Crippen LogP contribution in [0.5, 0.6) is 5.75 Å². The lowest BCUT2D eigenvalue weighted by molar-refractivity contribution is 0.0600. The Morgan fingerprint density at radius 3 is 2.77 bits per heavy atom. The lowest BCUT2D eigenvalue weighted by Gasteiger charge is -2.33. The van der Waals surface area contributed by atoms with Gasteiger partial charge in [0, 0.05) is 33.2 Å². The average Bonchev–Trinajstić information content (AvgIpc) is 3.38. The van der Waals surface area contributed by atoms with Gasteiger partial charge in [0.2, 0.25) is 0 Å². The molecule has 4 aromatic rings. The van der Waals surface area contributed by atoms with Gasteiger partial charge in [-0.1, -0.05) is 24.3 Å². The molecule has 30 heavy (non-hydrogen) atoms. The summed E-state index contributed by atoms with van der Waals surface area (Å²) < 4.78 is 7.33. The normalized spacial score (nSPS) is 17.0. The van der Waals surface area contributed by atoms with Crippen LogP contribution in [-0.2, 0) is 0 Å². The standard InChI is InChI=1S/C25H28N2O2S/c1-17-20-5-2-3-8-24(20)30-25(17)18-10-13-27(14-11-18)15-19(28)16-29-23-7-4-6-22-21(23)9-12-26-22/h2-9,12,18-19,26,28H,10-11,13-16H2,1H3/t19-/m0/s1. The number of nitrogens with zero attached hydrogens (tertiary/aromatic N) is 1. The molecule has 1 fully saturated rings. The highest BCUT2D eigenvalue weighted by Gasteiger charge is 2.25. The summed E-state index contributed by atoms with van der Waals surface area (Å²) in [6.45, 7) is 5.32. The van der Waals surface area contributed by atoms with Gasteiger partial charge in [-0.05, 0) is 74.0 Å². The smallest absolute Gasteiger partial charge is 0.128 e. The topological polar surface area (TPSA) is 48.5 Å². The Bertz CT molecular complexity index is 1140. The molecule has 0 saturated carbocycles. The third-order valence-electron chi connectivity index (χ3n) is 6.29. The van der Waals surface area contributed by atoms with Crippen molar-refractivity contribution >= 4 is 32.3 Å². The maximum Gasteiger partial charge on any atom is 0.128 e. The van der Waals surface area contributed by atoms with E-state index in [1.165, 1.54) is 15.6 Å².